The lowest BCUT2D eigenvalue weighted by Crippen LogP contribution is -2.44. The summed E-state index contributed by atoms with van der Waals surface area (Å²) in [5, 5.41) is 5.96. The van der Waals surface area contributed by atoms with Gasteiger partial charge in [-0.05, 0) is 84.8 Å². The number of benzene rings is 2. The lowest BCUT2D eigenvalue weighted by Gasteiger charge is -2.31. The van der Waals surface area contributed by atoms with E-state index in [2.05, 4.69) is 38.1 Å². The molecule has 142 valence electrons. The Labute approximate surface area is 173 Å². The zero-order valence-corrected chi connectivity index (χ0v) is 17.5. The fraction of sp³-hybridized carbons (Fsp3) is 0.333. The second-order valence-electron chi connectivity index (χ2n) is 6.94. The normalized spacial score (nSPS) is 17.3. The monoisotopic (exact) mass is 477 g/mol. The molecule has 2 N–H and O–H groups in total. The molecule has 6 heteroatoms. The van der Waals surface area contributed by atoms with Gasteiger partial charge in [0.05, 0.1) is 12.5 Å². The second kappa shape index (κ2) is 9.32. The molecule has 1 fully saturated rings. The Morgan fingerprint density at radius 2 is 1.93 bits per heavy atom. The van der Waals surface area contributed by atoms with Gasteiger partial charge in [0.15, 0.2) is 0 Å². The summed E-state index contributed by atoms with van der Waals surface area (Å²) in [7, 11) is 0. The van der Waals surface area contributed by atoms with Crippen LogP contribution in [0.15, 0.2) is 48.5 Å². The Hall–Kier alpha value is -1.93. The third kappa shape index (κ3) is 5.77. The van der Waals surface area contributed by atoms with Crippen molar-refractivity contribution in [3.05, 3.63) is 57.7 Å². The molecule has 2 aromatic carbocycles. The zero-order chi connectivity index (χ0) is 19.2. The second-order valence-corrected chi connectivity index (χ2v) is 8.18. The van der Waals surface area contributed by atoms with Gasteiger partial charge in [-0.2, -0.15) is 0 Å². The van der Waals surface area contributed by atoms with Gasteiger partial charge in [-0.3, -0.25) is 14.5 Å². The molecule has 0 radical (unpaired) electrons. The minimum absolute atomic E-state index is 0.0276. The third-order valence-corrected chi connectivity index (χ3v) is 5.42. The number of nitrogens with zero attached hydrogens (tertiary/aromatic N) is 1. The Kier molecular flexibility index (Phi) is 6.84. The van der Waals surface area contributed by atoms with Gasteiger partial charge in [0.1, 0.15) is 0 Å². The molecule has 0 aromatic heterocycles. The van der Waals surface area contributed by atoms with Gasteiger partial charge in [0, 0.05) is 21.5 Å². The van der Waals surface area contributed by atoms with Crippen LogP contribution in [0, 0.1) is 16.4 Å². The Bertz CT molecular complexity index is 810. The topological polar surface area (TPSA) is 61.4 Å². The fourth-order valence-electron chi connectivity index (χ4n) is 3.34. The highest BCUT2D eigenvalue weighted by Gasteiger charge is 2.27. The van der Waals surface area contributed by atoms with E-state index in [4.69, 9.17) is 0 Å². The van der Waals surface area contributed by atoms with Crippen molar-refractivity contribution in [2.24, 2.45) is 5.92 Å². The minimum atomic E-state index is -0.0909. The van der Waals surface area contributed by atoms with Crippen LogP contribution in [-0.2, 0) is 9.59 Å². The molecule has 1 aliphatic heterocycles. The van der Waals surface area contributed by atoms with Gasteiger partial charge >= 0.3 is 0 Å². The number of halogens is 1. The number of hydrogen-bond donors (Lipinski definition) is 2. The number of carbonyl (C=O) groups is 2. The van der Waals surface area contributed by atoms with Crippen molar-refractivity contribution in [3.63, 3.8) is 0 Å². The highest BCUT2D eigenvalue weighted by molar-refractivity contribution is 14.1. The molecule has 0 bridgehead atoms. The van der Waals surface area contributed by atoms with E-state index in [0.29, 0.717) is 13.1 Å². The molecule has 27 heavy (non-hydrogen) atoms. The third-order valence-electron chi connectivity index (χ3n) is 4.75. The predicted octanol–water partition coefficient (Wildman–Crippen LogP) is 3.89. The van der Waals surface area contributed by atoms with Crippen molar-refractivity contribution in [1.29, 1.82) is 0 Å². The number of nitrogens with one attached hydrogen (secondary N) is 2. The highest BCUT2D eigenvalue weighted by Crippen LogP contribution is 2.20. The summed E-state index contributed by atoms with van der Waals surface area (Å²) in [6.07, 6.45) is 1.77. The average Bonchev–Trinajstić information content (AvgIpc) is 2.65. The summed E-state index contributed by atoms with van der Waals surface area (Å²) in [5.41, 5.74) is 2.70. The van der Waals surface area contributed by atoms with Crippen molar-refractivity contribution in [1.82, 2.24) is 4.90 Å². The largest absolute Gasteiger partial charge is 0.326 e. The van der Waals surface area contributed by atoms with Crippen LogP contribution in [0.1, 0.15) is 18.4 Å². The van der Waals surface area contributed by atoms with Crippen molar-refractivity contribution in [3.8, 4) is 0 Å². The standard InChI is InChI=1S/C21H24IN3O2/c1-15-12-17(22)9-10-19(15)24-20(26)14-25-11-5-6-16(13-25)21(27)23-18-7-3-2-4-8-18/h2-4,7-10,12,16H,5-6,11,13-14H2,1H3,(H,23,27)(H,24,26)/t16-/m1/s1. The zero-order valence-electron chi connectivity index (χ0n) is 15.4. The first-order chi connectivity index (χ1) is 13.0. The molecular weight excluding hydrogens is 453 g/mol. The Morgan fingerprint density at radius 3 is 2.67 bits per heavy atom. The highest BCUT2D eigenvalue weighted by atomic mass is 127. The maximum Gasteiger partial charge on any atom is 0.238 e. The van der Waals surface area contributed by atoms with E-state index in [-0.39, 0.29) is 17.7 Å². The molecule has 5 nitrogen and oxygen atoms in total. The number of para-hydroxylation sites is 1. The van der Waals surface area contributed by atoms with Gasteiger partial charge in [-0.25, -0.2) is 0 Å². The van der Waals surface area contributed by atoms with Gasteiger partial charge in [-0.1, -0.05) is 18.2 Å². The van der Waals surface area contributed by atoms with E-state index < -0.39 is 0 Å². The van der Waals surface area contributed by atoms with Crippen molar-refractivity contribution < 1.29 is 9.59 Å². The van der Waals surface area contributed by atoms with Crippen LogP contribution >= 0.6 is 22.6 Å². The number of amides is 2. The summed E-state index contributed by atoms with van der Waals surface area (Å²) >= 11 is 2.26. The first kappa shape index (κ1) is 19.8. The van der Waals surface area contributed by atoms with Gasteiger partial charge in [0.2, 0.25) is 11.8 Å². The van der Waals surface area contributed by atoms with Gasteiger partial charge in [-0.15, -0.1) is 0 Å². The number of likely N-dealkylation sites (tertiary alicyclic amines) is 1. The molecule has 0 spiro atoms. The number of anilines is 2. The van der Waals surface area contributed by atoms with E-state index in [9.17, 15) is 9.59 Å². The Balaban J connectivity index is 1.53. The van der Waals surface area contributed by atoms with Crippen LogP contribution in [-0.4, -0.2) is 36.3 Å². The summed E-state index contributed by atoms with van der Waals surface area (Å²) < 4.78 is 1.14. The Morgan fingerprint density at radius 1 is 1.15 bits per heavy atom. The van der Waals surface area contributed by atoms with Crippen LogP contribution in [0.25, 0.3) is 0 Å². The quantitative estimate of drug-likeness (QED) is 0.643. The van der Waals surface area contributed by atoms with Gasteiger partial charge < -0.3 is 10.6 Å². The van der Waals surface area contributed by atoms with Crippen LogP contribution in [0.3, 0.4) is 0 Å². The molecule has 0 unspecified atom stereocenters. The first-order valence-corrected chi connectivity index (χ1v) is 10.2. The maximum absolute atomic E-state index is 12.5. The van der Waals surface area contributed by atoms with E-state index >= 15 is 0 Å². The molecule has 0 aliphatic carbocycles. The van der Waals surface area contributed by atoms with Crippen LogP contribution in [0.2, 0.25) is 0 Å². The number of rotatable bonds is 5. The molecule has 1 saturated heterocycles. The maximum atomic E-state index is 12.5. The SMILES string of the molecule is Cc1cc(I)ccc1NC(=O)CN1CCC[C@@H](C(=O)Nc2ccccc2)C1. The predicted molar refractivity (Wildman–Crippen MR) is 117 cm³/mol. The molecule has 1 atom stereocenters. The summed E-state index contributed by atoms with van der Waals surface area (Å²) in [6.45, 7) is 3.75. The molecule has 2 aromatic rings. The smallest absolute Gasteiger partial charge is 0.238 e. The molecule has 2 amide bonds. The molecule has 1 heterocycles. The molecule has 3 rings (SSSR count). The number of hydrogen-bond acceptors (Lipinski definition) is 3. The minimum Gasteiger partial charge on any atom is -0.326 e. The summed E-state index contributed by atoms with van der Waals surface area (Å²) in [6, 6.07) is 15.5. The summed E-state index contributed by atoms with van der Waals surface area (Å²) in [5.74, 6) is -0.102. The fourth-order valence-corrected chi connectivity index (χ4v) is 3.99. The number of aryl methyl sites for hydroxylation is 1. The van der Waals surface area contributed by atoms with E-state index in [1.165, 1.54) is 0 Å². The number of carbonyl (C=O) groups excluding carboxylic acids is 2. The average molecular weight is 477 g/mol. The molecule has 1 aliphatic rings. The lowest BCUT2D eigenvalue weighted by atomic mass is 9.97. The van der Waals surface area contributed by atoms with E-state index in [1.54, 1.807) is 0 Å². The lowest BCUT2D eigenvalue weighted by molar-refractivity contribution is -0.123. The van der Waals surface area contributed by atoms with Crippen LogP contribution < -0.4 is 10.6 Å². The number of piperidine rings is 1. The van der Waals surface area contributed by atoms with E-state index in [0.717, 1.165) is 39.9 Å². The van der Waals surface area contributed by atoms with Crippen molar-refractivity contribution >= 4 is 45.8 Å². The molecule has 0 saturated carbocycles. The van der Waals surface area contributed by atoms with E-state index in [1.807, 2.05) is 55.5 Å². The van der Waals surface area contributed by atoms with Crippen molar-refractivity contribution in [2.45, 2.75) is 19.8 Å². The summed E-state index contributed by atoms with van der Waals surface area (Å²) in [4.78, 5) is 27.0. The first-order valence-electron chi connectivity index (χ1n) is 9.15. The van der Waals surface area contributed by atoms with Crippen LogP contribution in [0.4, 0.5) is 11.4 Å². The van der Waals surface area contributed by atoms with Crippen LogP contribution in [0.5, 0.6) is 0 Å². The van der Waals surface area contributed by atoms with Gasteiger partial charge in [0.25, 0.3) is 0 Å². The molecular formula is C21H24IN3O2. The van der Waals surface area contributed by atoms with Crippen molar-refractivity contribution in [2.75, 3.05) is 30.3 Å².